The highest BCUT2D eigenvalue weighted by molar-refractivity contribution is 5.63. The summed E-state index contributed by atoms with van der Waals surface area (Å²) in [6.07, 6.45) is -0.803. The van der Waals surface area contributed by atoms with Gasteiger partial charge in [-0.1, -0.05) is 25.5 Å². The van der Waals surface area contributed by atoms with Crippen LogP contribution in [0.4, 0.5) is 24.7 Å². The van der Waals surface area contributed by atoms with E-state index in [1.807, 2.05) is 18.2 Å². The summed E-state index contributed by atoms with van der Waals surface area (Å²) in [4.78, 5) is 9.04. The van der Waals surface area contributed by atoms with E-state index in [4.69, 9.17) is 4.74 Å². The van der Waals surface area contributed by atoms with Gasteiger partial charge < -0.3 is 9.64 Å². The van der Waals surface area contributed by atoms with Gasteiger partial charge in [-0.05, 0) is 37.5 Å². The van der Waals surface area contributed by atoms with Crippen LogP contribution in [0.15, 0.2) is 30.5 Å². The van der Waals surface area contributed by atoms with E-state index in [0.29, 0.717) is 5.69 Å². The van der Waals surface area contributed by atoms with Crippen molar-refractivity contribution >= 4 is 11.5 Å². The van der Waals surface area contributed by atoms with Gasteiger partial charge in [-0.2, -0.15) is 18.2 Å². The van der Waals surface area contributed by atoms with Gasteiger partial charge in [0.1, 0.15) is 5.56 Å². The van der Waals surface area contributed by atoms with Crippen molar-refractivity contribution < 1.29 is 17.9 Å². The van der Waals surface area contributed by atoms with Crippen LogP contribution in [-0.4, -0.2) is 23.6 Å². The first kappa shape index (κ1) is 19.0. The standard InChI is InChI=1S/C18H22F3N3O/c1-4-6-8-13-9-7-10-14(11-13)24(3)16-15(18(19,20)21)12-22-17(23-16)25-5-2/h7,9-12H,4-6,8H2,1-3H3. The van der Waals surface area contributed by atoms with Crippen molar-refractivity contribution in [3.63, 3.8) is 0 Å². The molecule has 0 unspecified atom stereocenters. The minimum Gasteiger partial charge on any atom is -0.464 e. The molecule has 0 radical (unpaired) electrons. The minimum absolute atomic E-state index is 0.0699. The summed E-state index contributed by atoms with van der Waals surface area (Å²) in [6, 6.07) is 7.40. The largest absolute Gasteiger partial charge is 0.464 e. The molecule has 0 amide bonds. The van der Waals surface area contributed by atoms with Crippen molar-refractivity contribution in [2.24, 2.45) is 0 Å². The van der Waals surface area contributed by atoms with E-state index in [1.165, 1.54) is 4.90 Å². The Morgan fingerprint density at radius 1 is 1.20 bits per heavy atom. The Balaban J connectivity index is 2.42. The van der Waals surface area contributed by atoms with Crippen LogP contribution in [0.1, 0.15) is 37.8 Å². The highest BCUT2D eigenvalue weighted by Crippen LogP contribution is 2.37. The second-order valence-electron chi connectivity index (χ2n) is 5.65. The van der Waals surface area contributed by atoms with Crippen LogP contribution >= 0.6 is 0 Å². The number of anilines is 2. The van der Waals surface area contributed by atoms with Crippen LogP contribution < -0.4 is 9.64 Å². The average molecular weight is 353 g/mol. The fourth-order valence-corrected chi connectivity index (χ4v) is 2.44. The number of unbranched alkanes of at least 4 members (excludes halogenated alkanes) is 1. The normalized spacial score (nSPS) is 11.4. The lowest BCUT2D eigenvalue weighted by molar-refractivity contribution is -0.137. The minimum atomic E-state index is -4.55. The van der Waals surface area contributed by atoms with Crippen molar-refractivity contribution in [3.8, 4) is 6.01 Å². The predicted molar refractivity (Wildman–Crippen MR) is 91.3 cm³/mol. The number of ether oxygens (including phenoxy) is 1. The van der Waals surface area contributed by atoms with E-state index in [9.17, 15) is 13.2 Å². The number of hydrogen-bond acceptors (Lipinski definition) is 4. The van der Waals surface area contributed by atoms with E-state index < -0.39 is 11.7 Å². The first-order valence-corrected chi connectivity index (χ1v) is 8.26. The Bertz CT molecular complexity index is 704. The molecule has 0 atom stereocenters. The number of rotatable bonds is 7. The summed E-state index contributed by atoms with van der Waals surface area (Å²) in [6.45, 7) is 4.10. The maximum absolute atomic E-state index is 13.3. The Kier molecular flexibility index (Phi) is 6.22. The quantitative estimate of drug-likeness (QED) is 0.702. The third-order valence-electron chi connectivity index (χ3n) is 3.76. The first-order valence-electron chi connectivity index (χ1n) is 8.26. The van der Waals surface area contributed by atoms with Crippen LogP contribution in [0, 0.1) is 0 Å². The van der Waals surface area contributed by atoms with Gasteiger partial charge >= 0.3 is 12.2 Å². The van der Waals surface area contributed by atoms with Gasteiger partial charge in [0.2, 0.25) is 0 Å². The summed E-state index contributed by atoms with van der Waals surface area (Å²) >= 11 is 0. The van der Waals surface area contributed by atoms with E-state index in [0.717, 1.165) is 31.0 Å². The molecule has 0 spiro atoms. The lowest BCUT2D eigenvalue weighted by Crippen LogP contribution is -2.19. The maximum atomic E-state index is 13.3. The molecule has 4 nitrogen and oxygen atoms in total. The number of nitrogens with zero attached hydrogens (tertiary/aromatic N) is 3. The molecule has 0 bridgehead atoms. The molecule has 7 heteroatoms. The molecule has 0 saturated carbocycles. The van der Waals surface area contributed by atoms with Crippen LogP contribution in [0.25, 0.3) is 0 Å². The molecule has 1 aromatic carbocycles. The molecule has 25 heavy (non-hydrogen) atoms. The SMILES string of the molecule is CCCCc1cccc(N(C)c2nc(OCC)ncc2C(F)(F)F)c1. The van der Waals surface area contributed by atoms with Crippen molar-refractivity contribution in [1.29, 1.82) is 0 Å². The number of alkyl halides is 3. The zero-order valence-electron chi connectivity index (χ0n) is 14.6. The third-order valence-corrected chi connectivity index (χ3v) is 3.76. The van der Waals surface area contributed by atoms with Crippen molar-refractivity contribution in [2.75, 3.05) is 18.6 Å². The Morgan fingerprint density at radius 3 is 2.60 bits per heavy atom. The molecule has 0 aliphatic heterocycles. The number of halogens is 3. The van der Waals surface area contributed by atoms with E-state index in [1.54, 1.807) is 20.0 Å². The molecule has 1 aromatic heterocycles. The molecular weight excluding hydrogens is 331 g/mol. The number of hydrogen-bond donors (Lipinski definition) is 0. The lowest BCUT2D eigenvalue weighted by Gasteiger charge is -2.23. The molecule has 136 valence electrons. The molecule has 2 rings (SSSR count). The van der Waals surface area contributed by atoms with Gasteiger partial charge in [-0.15, -0.1) is 0 Å². The molecular formula is C18H22F3N3O. The molecule has 0 saturated heterocycles. The highest BCUT2D eigenvalue weighted by atomic mass is 19.4. The topological polar surface area (TPSA) is 38.2 Å². The van der Waals surface area contributed by atoms with Gasteiger partial charge in [0.25, 0.3) is 0 Å². The number of aryl methyl sites for hydroxylation is 1. The Labute approximate surface area is 145 Å². The zero-order valence-corrected chi connectivity index (χ0v) is 14.6. The lowest BCUT2D eigenvalue weighted by atomic mass is 10.1. The smallest absolute Gasteiger partial charge is 0.421 e. The second kappa shape index (κ2) is 8.18. The van der Waals surface area contributed by atoms with Gasteiger partial charge in [-0.25, -0.2) is 4.98 Å². The molecule has 1 heterocycles. The Morgan fingerprint density at radius 2 is 1.96 bits per heavy atom. The summed E-state index contributed by atoms with van der Waals surface area (Å²) in [7, 11) is 1.56. The summed E-state index contributed by atoms with van der Waals surface area (Å²) in [5, 5.41) is 0. The number of benzene rings is 1. The number of aromatic nitrogens is 2. The van der Waals surface area contributed by atoms with Gasteiger partial charge in [0, 0.05) is 18.9 Å². The van der Waals surface area contributed by atoms with Gasteiger partial charge in [-0.3, -0.25) is 0 Å². The average Bonchev–Trinajstić information content (AvgIpc) is 2.59. The summed E-state index contributed by atoms with van der Waals surface area (Å²) in [5.41, 5.74) is 0.830. The van der Waals surface area contributed by atoms with E-state index in [-0.39, 0.29) is 18.4 Å². The third kappa shape index (κ3) is 4.84. The van der Waals surface area contributed by atoms with Crippen LogP contribution in [0.5, 0.6) is 6.01 Å². The fourth-order valence-electron chi connectivity index (χ4n) is 2.44. The Hall–Kier alpha value is -2.31. The van der Waals surface area contributed by atoms with E-state index >= 15 is 0 Å². The molecule has 2 aromatic rings. The van der Waals surface area contributed by atoms with Crippen LogP contribution in [-0.2, 0) is 12.6 Å². The zero-order chi connectivity index (χ0) is 18.4. The summed E-state index contributed by atoms with van der Waals surface area (Å²) in [5.74, 6) is -0.224. The molecule has 0 aliphatic carbocycles. The summed E-state index contributed by atoms with van der Waals surface area (Å²) < 4.78 is 45.2. The molecule has 0 aliphatic rings. The van der Waals surface area contributed by atoms with Gasteiger partial charge in [0.05, 0.1) is 6.61 Å². The molecule has 0 N–H and O–H groups in total. The maximum Gasteiger partial charge on any atom is 0.421 e. The first-order chi connectivity index (χ1) is 11.9. The predicted octanol–water partition coefficient (Wildman–Crippen LogP) is 5.00. The van der Waals surface area contributed by atoms with E-state index in [2.05, 4.69) is 16.9 Å². The van der Waals surface area contributed by atoms with Crippen LogP contribution in [0.3, 0.4) is 0 Å². The molecule has 0 fully saturated rings. The highest BCUT2D eigenvalue weighted by Gasteiger charge is 2.36. The van der Waals surface area contributed by atoms with Crippen molar-refractivity contribution in [3.05, 3.63) is 41.6 Å². The van der Waals surface area contributed by atoms with Crippen molar-refractivity contribution in [1.82, 2.24) is 9.97 Å². The second-order valence-corrected chi connectivity index (χ2v) is 5.65. The monoisotopic (exact) mass is 353 g/mol. The van der Waals surface area contributed by atoms with Crippen LogP contribution in [0.2, 0.25) is 0 Å². The van der Waals surface area contributed by atoms with Crippen molar-refractivity contribution in [2.45, 2.75) is 39.3 Å². The fraction of sp³-hybridized carbons (Fsp3) is 0.444. The van der Waals surface area contributed by atoms with Gasteiger partial charge in [0.15, 0.2) is 5.82 Å².